The minimum absolute atomic E-state index is 0.0430. The van der Waals surface area contributed by atoms with Crippen molar-refractivity contribution in [2.75, 3.05) is 11.9 Å². The number of anilines is 1. The van der Waals surface area contributed by atoms with E-state index in [4.69, 9.17) is 5.73 Å². The number of nitrogens with one attached hydrogen (secondary N) is 3. The van der Waals surface area contributed by atoms with Crippen LogP contribution in [0.3, 0.4) is 0 Å². The standard InChI is InChI=1S/C20H20N6O3S/c21-17(27)9-10-22-19(29)15-3-1-2-4-16(15)25-18(28)14-7-5-13(6-8-14)11-30-20-23-12-24-26-20/h1-8,12H,9-11H2,(H2,21,27)(H,22,29)(H,25,28)(H,23,24,26). The van der Waals surface area contributed by atoms with Crippen LogP contribution in [0.4, 0.5) is 5.69 Å². The van der Waals surface area contributed by atoms with Gasteiger partial charge >= 0.3 is 0 Å². The van der Waals surface area contributed by atoms with Crippen LogP contribution in [0.1, 0.15) is 32.7 Å². The summed E-state index contributed by atoms with van der Waals surface area (Å²) in [5, 5.41) is 12.7. The van der Waals surface area contributed by atoms with Crippen LogP contribution in [-0.4, -0.2) is 39.4 Å². The lowest BCUT2D eigenvalue weighted by molar-refractivity contribution is -0.117. The molecular weight excluding hydrogens is 404 g/mol. The monoisotopic (exact) mass is 424 g/mol. The molecule has 0 atom stereocenters. The van der Waals surface area contributed by atoms with Crippen molar-refractivity contribution in [2.24, 2.45) is 5.73 Å². The van der Waals surface area contributed by atoms with E-state index < -0.39 is 11.8 Å². The molecule has 0 fully saturated rings. The first-order valence-electron chi connectivity index (χ1n) is 9.07. The number of aromatic nitrogens is 3. The Morgan fingerprint density at radius 2 is 1.80 bits per heavy atom. The lowest BCUT2D eigenvalue weighted by Gasteiger charge is -2.11. The molecular formula is C20H20N6O3S. The van der Waals surface area contributed by atoms with E-state index in [9.17, 15) is 14.4 Å². The van der Waals surface area contributed by atoms with Gasteiger partial charge in [-0.1, -0.05) is 36.0 Å². The maximum Gasteiger partial charge on any atom is 0.255 e. The summed E-state index contributed by atoms with van der Waals surface area (Å²) in [4.78, 5) is 39.8. The average Bonchev–Trinajstić information content (AvgIpc) is 3.26. The third-order valence-electron chi connectivity index (χ3n) is 4.06. The summed E-state index contributed by atoms with van der Waals surface area (Å²) in [6.07, 6.45) is 1.49. The molecule has 0 saturated heterocycles. The SMILES string of the molecule is NC(=O)CCNC(=O)c1ccccc1NC(=O)c1ccc(CSc2ncn[nH]2)cc1. The van der Waals surface area contributed by atoms with Gasteiger partial charge < -0.3 is 16.4 Å². The van der Waals surface area contributed by atoms with Crippen molar-refractivity contribution in [3.8, 4) is 0 Å². The van der Waals surface area contributed by atoms with Gasteiger partial charge in [-0.05, 0) is 29.8 Å². The van der Waals surface area contributed by atoms with Gasteiger partial charge in [-0.2, -0.15) is 5.10 Å². The molecule has 3 rings (SSSR count). The lowest BCUT2D eigenvalue weighted by Crippen LogP contribution is -2.28. The zero-order chi connectivity index (χ0) is 21.3. The largest absolute Gasteiger partial charge is 0.370 e. The summed E-state index contributed by atoms with van der Waals surface area (Å²) in [5.41, 5.74) is 7.25. The van der Waals surface area contributed by atoms with Gasteiger partial charge in [0.2, 0.25) is 5.91 Å². The summed E-state index contributed by atoms with van der Waals surface area (Å²) < 4.78 is 0. The predicted octanol–water partition coefficient (Wildman–Crippen LogP) is 1.95. The van der Waals surface area contributed by atoms with E-state index in [1.54, 1.807) is 36.4 Å². The molecule has 1 heterocycles. The molecule has 9 nitrogen and oxygen atoms in total. The van der Waals surface area contributed by atoms with E-state index >= 15 is 0 Å². The molecule has 30 heavy (non-hydrogen) atoms. The molecule has 0 saturated carbocycles. The van der Waals surface area contributed by atoms with Crippen molar-refractivity contribution in [1.82, 2.24) is 20.5 Å². The summed E-state index contributed by atoms with van der Waals surface area (Å²) in [6, 6.07) is 13.8. The third kappa shape index (κ3) is 5.92. The number of primary amides is 1. The van der Waals surface area contributed by atoms with Gasteiger partial charge in [0.25, 0.3) is 11.8 Å². The zero-order valence-corrected chi connectivity index (χ0v) is 16.7. The molecule has 154 valence electrons. The van der Waals surface area contributed by atoms with Crippen molar-refractivity contribution >= 4 is 35.2 Å². The molecule has 0 aliphatic carbocycles. The Morgan fingerprint density at radius 1 is 1.03 bits per heavy atom. The highest BCUT2D eigenvalue weighted by atomic mass is 32.2. The quantitative estimate of drug-likeness (QED) is 0.387. The number of hydrogen-bond donors (Lipinski definition) is 4. The minimum atomic E-state index is -0.500. The number of carbonyl (C=O) groups is 3. The van der Waals surface area contributed by atoms with Crippen LogP contribution in [0.25, 0.3) is 0 Å². The molecule has 3 amide bonds. The minimum Gasteiger partial charge on any atom is -0.370 e. The van der Waals surface area contributed by atoms with E-state index in [1.165, 1.54) is 18.1 Å². The molecule has 0 radical (unpaired) electrons. The van der Waals surface area contributed by atoms with Gasteiger partial charge in [0.1, 0.15) is 6.33 Å². The first kappa shape index (κ1) is 21.1. The van der Waals surface area contributed by atoms with Gasteiger partial charge in [0.15, 0.2) is 5.16 Å². The first-order valence-corrected chi connectivity index (χ1v) is 10.1. The Kier molecular flexibility index (Phi) is 7.17. The van der Waals surface area contributed by atoms with Crippen molar-refractivity contribution in [3.05, 3.63) is 71.5 Å². The number of para-hydroxylation sites is 1. The number of nitrogens with zero attached hydrogens (tertiary/aromatic N) is 2. The van der Waals surface area contributed by atoms with E-state index in [-0.39, 0.29) is 18.9 Å². The number of H-pyrrole nitrogens is 1. The summed E-state index contributed by atoms with van der Waals surface area (Å²) in [5.74, 6) is -0.542. The van der Waals surface area contributed by atoms with Crippen LogP contribution in [0.5, 0.6) is 0 Å². The van der Waals surface area contributed by atoms with Crippen molar-refractivity contribution in [3.63, 3.8) is 0 Å². The van der Waals surface area contributed by atoms with Gasteiger partial charge in [-0.15, -0.1) is 0 Å². The van der Waals surface area contributed by atoms with E-state index in [1.807, 2.05) is 12.1 Å². The van der Waals surface area contributed by atoms with E-state index in [2.05, 4.69) is 25.8 Å². The molecule has 3 aromatic rings. The topological polar surface area (TPSA) is 143 Å². The smallest absolute Gasteiger partial charge is 0.255 e. The number of amides is 3. The van der Waals surface area contributed by atoms with Crippen LogP contribution >= 0.6 is 11.8 Å². The summed E-state index contributed by atoms with van der Waals surface area (Å²) >= 11 is 1.51. The Bertz CT molecular complexity index is 1020. The highest BCUT2D eigenvalue weighted by molar-refractivity contribution is 7.98. The van der Waals surface area contributed by atoms with E-state index in [0.29, 0.717) is 22.6 Å². The van der Waals surface area contributed by atoms with Crippen molar-refractivity contribution in [1.29, 1.82) is 0 Å². The normalized spacial score (nSPS) is 10.4. The molecule has 2 aromatic carbocycles. The Balaban J connectivity index is 1.61. The molecule has 10 heteroatoms. The summed E-state index contributed by atoms with van der Waals surface area (Å²) in [7, 11) is 0. The number of thioether (sulfide) groups is 1. The number of hydrogen-bond acceptors (Lipinski definition) is 6. The Labute approximate surface area is 176 Å². The molecule has 5 N–H and O–H groups in total. The first-order chi connectivity index (χ1) is 14.5. The van der Waals surface area contributed by atoms with E-state index in [0.717, 1.165) is 10.7 Å². The molecule has 0 unspecified atom stereocenters. The molecule has 0 aliphatic rings. The predicted molar refractivity (Wildman–Crippen MR) is 113 cm³/mol. The van der Waals surface area contributed by atoms with Crippen LogP contribution in [0.15, 0.2) is 60.0 Å². The average molecular weight is 424 g/mol. The molecule has 1 aromatic heterocycles. The van der Waals surface area contributed by atoms with Crippen LogP contribution in [0, 0.1) is 0 Å². The second kappa shape index (κ2) is 10.2. The van der Waals surface area contributed by atoms with Crippen LogP contribution in [0.2, 0.25) is 0 Å². The third-order valence-corrected chi connectivity index (χ3v) is 5.01. The Hall–Kier alpha value is -3.66. The number of nitrogens with two attached hydrogens (primary N) is 1. The maximum absolute atomic E-state index is 12.6. The highest BCUT2D eigenvalue weighted by Crippen LogP contribution is 2.20. The van der Waals surface area contributed by atoms with Gasteiger partial charge in [-0.3, -0.25) is 19.5 Å². The Morgan fingerprint density at radius 3 is 2.50 bits per heavy atom. The second-order valence-electron chi connectivity index (χ2n) is 6.25. The lowest BCUT2D eigenvalue weighted by atomic mass is 10.1. The molecule has 0 spiro atoms. The van der Waals surface area contributed by atoms with Crippen LogP contribution < -0.4 is 16.4 Å². The van der Waals surface area contributed by atoms with Crippen molar-refractivity contribution in [2.45, 2.75) is 17.3 Å². The second-order valence-corrected chi connectivity index (χ2v) is 7.21. The number of rotatable bonds is 9. The fraction of sp³-hybridized carbons (Fsp3) is 0.150. The van der Waals surface area contributed by atoms with Crippen molar-refractivity contribution < 1.29 is 14.4 Å². The fourth-order valence-corrected chi connectivity index (χ4v) is 3.28. The van der Waals surface area contributed by atoms with Gasteiger partial charge in [0, 0.05) is 24.3 Å². The maximum atomic E-state index is 12.6. The highest BCUT2D eigenvalue weighted by Gasteiger charge is 2.14. The van der Waals surface area contributed by atoms with Gasteiger partial charge in [0.05, 0.1) is 11.3 Å². The summed E-state index contributed by atoms with van der Waals surface area (Å²) in [6.45, 7) is 0.129. The zero-order valence-electron chi connectivity index (χ0n) is 15.9. The van der Waals surface area contributed by atoms with Gasteiger partial charge in [-0.25, -0.2) is 4.98 Å². The number of benzene rings is 2. The molecule has 0 aliphatic heterocycles. The molecule has 0 bridgehead atoms. The number of carbonyl (C=O) groups excluding carboxylic acids is 3. The van der Waals surface area contributed by atoms with Crippen LogP contribution in [-0.2, 0) is 10.5 Å². The fourth-order valence-electron chi connectivity index (χ4n) is 2.55. The number of aromatic amines is 1.